The average molecular weight is 402 g/mol. The fourth-order valence-electron chi connectivity index (χ4n) is 2.15. The first-order valence-corrected chi connectivity index (χ1v) is 7.56. The second-order valence-electron chi connectivity index (χ2n) is 4.99. The smallest absolute Gasteiger partial charge is 0.255 e. The van der Waals surface area contributed by atoms with Gasteiger partial charge in [-0.15, -0.1) is 12.4 Å². The number of nitrogen functional groups attached to an aromatic ring is 1. The number of anilines is 2. The van der Waals surface area contributed by atoms with Gasteiger partial charge in [0.05, 0.1) is 17.6 Å². The van der Waals surface area contributed by atoms with E-state index in [1.807, 2.05) is 0 Å². The Bertz CT molecular complexity index is 909. The van der Waals surface area contributed by atoms with Crippen molar-refractivity contribution in [3.63, 3.8) is 0 Å². The van der Waals surface area contributed by atoms with E-state index in [1.54, 1.807) is 6.07 Å². The molecule has 5 nitrogen and oxygen atoms in total. The van der Waals surface area contributed by atoms with Crippen molar-refractivity contribution in [1.82, 2.24) is 9.97 Å². The van der Waals surface area contributed by atoms with Crippen LogP contribution >= 0.6 is 35.6 Å². The van der Waals surface area contributed by atoms with Crippen molar-refractivity contribution in [3.8, 4) is 11.3 Å². The van der Waals surface area contributed by atoms with Crippen molar-refractivity contribution in [2.45, 2.75) is 0 Å². The number of carbonyl (C=O) groups excluding carboxylic acids is 1. The molecule has 3 aromatic rings. The van der Waals surface area contributed by atoms with E-state index in [1.165, 1.54) is 36.5 Å². The molecule has 0 unspecified atom stereocenters. The number of nitrogens with two attached hydrogens (primary N) is 1. The van der Waals surface area contributed by atoms with Crippen LogP contribution < -0.4 is 11.1 Å². The monoisotopic (exact) mass is 400 g/mol. The molecule has 0 aliphatic carbocycles. The first kappa shape index (κ1) is 19.1. The topological polar surface area (TPSA) is 83.8 Å². The van der Waals surface area contributed by atoms with Gasteiger partial charge in [0.2, 0.25) is 0 Å². The number of hydrogen-bond donors (Lipinski definition) is 3. The summed E-state index contributed by atoms with van der Waals surface area (Å²) in [7, 11) is 0. The van der Waals surface area contributed by atoms with Gasteiger partial charge >= 0.3 is 0 Å². The molecule has 3 rings (SSSR count). The highest BCUT2D eigenvalue weighted by atomic mass is 35.5. The summed E-state index contributed by atoms with van der Waals surface area (Å²) in [5.74, 6) is -0.875. The summed E-state index contributed by atoms with van der Waals surface area (Å²) in [4.78, 5) is 18.9. The Kier molecular flexibility index (Phi) is 5.89. The number of amides is 1. The Labute approximate surface area is 158 Å². The van der Waals surface area contributed by atoms with Crippen LogP contribution in [0, 0.1) is 5.82 Å². The fourth-order valence-corrected chi connectivity index (χ4v) is 2.67. The quantitative estimate of drug-likeness (QED) is 0.590. The van der Waals surface area contributed by atoms with E-state index >= 15 is 0 Å². The molecule has 1 aromatic heterocycles. The van der Waals surface area contributed by atoms with E-state index in [2.05, 4.69) is 15.3 Å². The zero-order valence-corrected chi connectivity index (χ0v) is 14.8. The Morgan fingerprint density at radius 2 is 1.84 bits per heavy atom. The van der Waals surface area contributed by atoms with E-state index in [-0.39, 0.29) is 29.6 Å². The van der Waals surface area contributed by atoms with Gasteiger partial charge in [-0.1, -0.05) is 29.3 Å². The molecule has 0 radical (unpaired) electrons. The number of benzene rings is 2. The highest BCUT2D eigenvalue weighted by Crippen LogP contribution is 2.25. The number of imidazole rings is 1. The van der Waals surface area contributed by atoms with Crippen LogP contribution in [0.4, 0.5) is 16.0 Å². The zero-order chi connectivity index (χ0) is 17.3. The summed E-state index contributed by atoms with van der Waals surface area (Å²) in [5, 5.41) is 3.12. The fraction of sp³-hybridized carbons (Fsp3) is 0. The molecule has 25 heavy (non-hydrogen) atoms. The summed E-state index contributed by atoms with van der Waals surface area (Å²) in [5.41, 5.74) is 6.90. The van der Waals surface area contributed by atoms with Gasteiger partial charge in [-0.3, -0.25) is 4.79 Å². The molecular formula is C16H12Cl3FN4O. The van der Waals surface area contributed by atoms with Crippen molar-refractivity contribution in [3.05, 3.63) is 64.0 Å². The van der Waals surface area contributed by atoms with Crippen LogP contribution in [0.3, 0.4) is 0 Å². The van der Waals surface area contributed by atoms with Gasteiger partial charge in [-0.05, 0) is 30.3 Å². The van der Waals surface area contributed by atoms with E-state index in [0.717, 1.165) is 0 Å². The van der Waals surface area contributed by atoms with Gasteiger partial charge in [0, 0.05) is 21.2 Å². The van der Waals surface area contributed by atoms with E-state index in [0.29, 0.717) is 21.3 Å². The molecule has 9 heteroatoms. The zero-order valence-electron chi connectivity index (χ0n) is 12.5. The van der Waals surface area contributed by atoms with Crippen molar-refractivity contribution in [2.75, 3.05) is 11.1 Å². The second-order valence-corrected chi connectivity index (χ2v) is 5.86. The van der Waals surface area contributed by atoms with Gasteiger partial charge < -0.3 is 16.0 Å². The van der Waals surface area contributed by atoms with Crippen LogP contribution in [0.5, 0.6) is 0 Å². The molecular weight excluding hydrogens is 390 g/mol. The molecule has 0 saturated carbocycles. The standard InChI is InChI=1S/C16H11Cl2FN4O.ClH/c17-10-3-9(4-11(18)6-10)15(24)22-13-2-1-8(5-12(13)19)14-7-21-16(20)23-14;/h1-7H,(H,22,24)(H3,20,21,23);1H. The van der Waals surface area contributed by atoms with Gasteiger partial charge in [0.1, 0.15) is 5.82 Å². The summed E-state index contributed by atoms with van der Waals surface area (Å²) in [6, 6.07) is 8.76. The van der Waals surface area contributed by atoms with Crippen LogP contribution in [0.15, 0.2) is 42.6 Å². The maximum absolute atomic E-state index is 14.2. The molecule has 0 aliphatic heterocycles. The highest BCUT2D eigenvalue weighted by Gasteiger charge is 2.12. The third-order valence-corrected chi connectivity index (χ3v) is 3.68. The molecule has 2 aromatic carbocycles. The number of carbonyl (C=O) groups is 1. The van der Waals surface area contributed by atoms with Crippen LogP contribution in [0.25, 0.3) is 11.3 Å². The van der Waals surface area contributed by atoms with Crippen LogP contribution in [-0.4, -0.2) is 15.9 Å². The normalized spacial score (nSPS) is 10.2. The van der Waals surface area contributed by atoms with Crippen LogP contribution in [0.2, 0.25) is 10.0 Å². The number of halogens is 4. The average Bonchev–Trinajstić information content (AvgIpc) is 2.95. The molecule has 0 saturated heterocycles. The SMILES string of the molecule is Cl.Nc1ncc(-c2ccc(NC(=O)c3cc(Cl)cc(Cl)c3)c(F)c2)[nH]1. The van der Waals surface area contributed by atoms with Crippen LogP contribution in [-0.2, 0) is 0 Å². The van der Waals surface area contributed by atoms with Crippen LogP contribution in [0.1, 0.15) is 10.4 Å². The third kappa shape index (κ3) is 4.42. The van der Waals surface area contributed by atoms with Gasteiger partial charge in [0.25, 0.3) is 5.91 Å². The van der Waals surface area contributed by atoms with Crippen molar-refractivity contribution >= 4 is 53.2 Å². The largest absolute Gasteiger partial charge is 0.369 e. The maximum atomic E-state index is 14.2. The minimum atomic E-state index is -0.595. The minimum absolute atomic E-state index is 0. The first-order valence-electron chi connectivity index (χ1n) is 6.80. The Balaban J connectivity index is 0.00000225. The second kappa shape index (κ2) is 7.74. The molecule has 1 amide bonds. The van der Waals surface area contributed by atoms with E-state index in [4.69, 9.17) is 28.9 Å². The molecule has 4 N–H and O–H groups in total. The predicted molar refractivity (Wildman–Crippen MR) is 100 cm³/mol. The molecule has 0 atom stereocenters. The maximum Gasteiger partial charge on any atom is 0.255 e. The van der Waals surface area contributed by atoms with E-state index in [9.17, 15) is 9.18 Å². The van der Waals surface area contributed by atoms with Crippen molar-refractivity contribution in [1.29, 1.82) is 0 Å². The predicted octanol–water partition coefficient (Wildman–Crippen LogP) is 4.78. The summed E-state index contributed by atoms with van der Waals surface area (Å²) in [6.07, 6.45) is 1.50. The molecule has 0 fully saturated rings. The van der Waals surface area contributed by atoms with Gasteiger partial charge in [-0.25, -0.2) is 9.37 Å². The molecule has 1 heterocycles. The number of nitrogens with one attached hydrogen (secondary N) is 2. The number of aromatic amines is 1. The van der Waals surface area contributed by atoms with Gasteiger partial charge in [-0.2, -0.15) is 0 Å². The first-order chi connectivity index (χ1) is 11.4. The lowest BCUT2D eigenvalue weighted by Gasteiger charge is -2.08. The number of rotatable bonds is 3. The lowest BCUT2D eigenvalue weighted by atomic mass is 10.1. The van der Waals surface area contributed by atoms with Crippen molar-refractivity contribution < 1.29 is 9.18 Å². The number of hydrogen-bond acceptors (Lipinski definition) is 3. The molecule has 0 spiro atoms. The lowest BCUT2D eigenvalue weighted by Crippen LogP contribution is -2.13. The summed E-state index contributed by atoms with van der Waals surface area (Å²) < 4.78 is 14.2. The third-order valence-electron chi connectivity index (χ3n) is 3.25. The highest BCUT2D eigenvalue weighted by molar-refractivity contribution is 6.35. The lowest BCUT2D eigenvalue weighted by molar-refractivity contribution is 0.102. The van der Waals surface area contributed by atoms with Gasteiger partial charge in [0.15, 0.2) is 5.95 Å². The number of nitrogens with zero attached hydrogens (tertiary/aromatic N) is 1. The summed E-state index contributed by atoms with van der Waals surface area (Å²) in [6.45, 7) is 0. The minimum Gasteiger partial charge on any atom is -0.369 e. The molecule has 0 bridgehead atoms. The molecule has 0 aliphatic rings. The number of aromatic nitrogens is 2. The molecule has 130 valence electrons. The Morgan fingerprint density at radius 3 is 2.40 bits per heavy atom. The Morgan fingerprint density at radius 1 is 1.16 bits per heavy atom. The Hall–Kier alpha value is -2.28. The van der Waals surface area contributed by atoms with Crippen molar-refractivity contribution in [2.24, 2.45) is 0 Å². The summed E-state index contributed by atoms with van der Waals surface area (Å²) >= 11 is 11.7. The number of H-pyrrole nitrogens is 1. The van der Waals surface area contributed by atoms with E-state index < -0.39 is 11.7 Å².